The maximum atomic E-state index is 13.1. The number of amides is 1. The molecule has 230 valence electrons. The smallest absolute Gasteiger partial charge is 0.275 e. The summed E-state index contributed by atoms with van der Waals surface area (Å²) in [5.74, 6) is -0.847. The summed E-state index contributed by atoms with van der Waals surface area (Å²) in [6.45, 7) is 0.138. The van der Waals surface area contributed by atoms with Crippen molar-refractivity contribution in [2.45, 2.75) is 42.1 Å². The van der Waals surface area contributed by atoms with Gasteiger partial charge in [0.15, 0.2) is 15.5 Å². The number of aliphatic hydroxyl groups is 1. The van der Waals surface area contributed by atoms with Crippen LogP contribution in [0.5, 0.6) is 0 Å². The molecule has 0 spiro atoms. The molecule has 0 unspecified atom stereocenters. The molecule has 5 rings (SSSR count). The molecule has 0 bridgehead atoms. The van der Waals surface area contributed by atoms with Gasteiger partial charge in [-0.15, -0.1) is 0 Å². The first-order valence-corrected chi connectivity index (χ1v) is 15.7. The number of nitrogens with one attached hydrogen (secondary N) is 1. The minimum Gasteiger partial charge on any atom is -0.394 e. The number of nitrogen functional groups attached to an aromatic ring is 1. The molecule has 3 heterocycles. The Morgan fingerprint density at radius 1 is 1.14 bits per heavy atom. The number of hydroxylamine groups is 1. The minimum absolute atomic E-state index is 0.0347. The van der Waals surface area contributed by atoms with E-state index in [2.05, 4.69) is 15.7 Å². The Balaban J connectivity index is 1.50. The fourth-order valence-corrected chi connectivity index (χ4v) is 6.49. The van der Waals surface area contributed by atoms with E-state index >= 15 is 0 Å². The molecule has 1 amide bonds. The number of methoxy groups -OCH3 is 1. The van der Waals surface area contributed by atoms with Crippen LogP contribution in [0.15, 0.2) is 53.8 Å². The molecule has 14 nitrogen and oxygen atoms in total. The summed E-state index contributed by atoms with van der Waals surface area (Å²) in [6.07, 6.45) is 7.53. The van der Waals surface area contributed by atoms with Crippen molar-refractivity contribution in [2.75, 3.05) is 45.5 Å². The molecule has 3 aromatic heterocycles. The van der Waals surface area contributed by atoms with E-state index < -0.39 is 21.3 Å². The molecule has 1 saturated carbocycles. The first-order valence-electron chi connectivity index (χ1n) is 13.8. The molecule has 15 heteroatoms. The van der Waals surface area contributed by atoms with Crippen LogP contribution in [-0.4, -0.2) is 89.2 Å². The van der Waals surface area contributed by atoms with Gasteiger partial charge in [-0.05, 0) is 37.8 Å². The van der Waals surface area contributed by atoms with E-state index in [1.807, 2.05) is 36.5 Å². The highest BCUT2D eigenvalue weighted by atomic mass is 32.2. The quantitative estimate of drug-likeness (QED) is 0.156. The number of sulfone groups is 1. The number of rotatable bonds is 12. The highest BCUT2D eigenvalue weighted by molar-refractivity contribution is 7.91. The van der Waals surface area contributed by atoms with Crippen LogP contribution in [0, 0.1) is 0 Å². The predicted molar refractivity (Wildman–Crippen MR) is 156 cm³/mol. The van der Waals surface area contributed by atoms with Gasteiger partial charge in [0, 0.05) is 36.6 Å². The fraction of sp³-hybridized carbons (Fsp3) is 0.429. The maximum absolute atomic E-state index is 13.1. The summed E-state index contributed by atoms with van der Waals surface area (Å²) in [5.41, 5.74) is 10.6. The van der Waals surface area contributed by atoms with Crippen LogP contribution < -0.4 is 11.2 Å². The Morgan fingerprint density at radius 3 is 2.56 bits per heavy atom. The molecule has 0 saturated heterocycles. The average molecular weight is 614 g/mol. The lowest BCUT2D eigenvalue weighted by Crippen LogP contribution is -2.51. The third-order valence-corrected chi connectivity index (χ3v) is 8.73. The number of hydrogen-bond acceptors (Lipinski definition) is 11. The summed E-state index contributed by atoms with van der Waals surface area (Å²) < 4.78 is 40.3. The summed E-state index contributed by atoms with van der Waals surface area (Å²) >= 11 is 0. The lowest BCUT2D eigenvalue weighted by atomic mass is 9.76. The lowest BCUT2D eigenvalue weighted by molar-refractivity contribution is -0.167. The zero-order chi connectivity index (χ0) is 30.6. The first-order chi connectivity index (χ1) is 20.7. The summed E-state index contributed by atoms with van der Waals surface area (Å²) in [5, 5.41) is 17.8. The number of aliphatic hydroxyl groups excluding tert-OH is 1. The van der Waals surface area contributed by atoms with Gasteiger partial charge < -0.3 is 20.3 Å². The predicted octanol–water partition coefficient (Wildman–Crippen LogP) is 1.67. The topological polar surface area (TPSA) is 185 Å². The molecule has 1 aliphatic carbocycles. The van der Waals surface area contributed by atoms with E-state index in [4.69, 9.17) is 30.1 Å². The molecule has 1 fully saturated rings. The Bertz CT molecular complexity index is 1680. The third kappa shape index (κ3) is 6.26. The van der Waals surface area contributed by atoms with Crippen molar-refractivity contribution < 1.29 is 32.6 Å². The van der Waals surface area contributed by atoms with Gasteiger partial charge >= 0.3 is 0 Å². The maximum Gasteiger partial charge on any atom is 0.275 e. The van der Waals surface area contributed by atoms with Gasteiger partial charge in [-0.2, -0.15) is 14.7 Å². The van der Waals surface area contributed by atoms with E-state index in [0.717, 1.165) is 17.5 Å². The Hall–Kier alpha value is -3.89. The number of para-hydroxylation sites is 1. The van der Waals surface area contributed by atoms with E-state index in [9.17, 15) is 13.2 Å². The molecule has 0 aliphatic heterocycles. The number of carbonyl (C=O) groups is 1. The van der Waals surface area contributed by atoms with Crippen molar-refractivity contribution in [3.8, 4) is 16.8 Å². The second-order valence-corrected chi connectivity index (χ2v) is 12.4. The summed E-state index contributed by atoms with van der Waals surface area (Å²) in [6, 6.07) is 9.62. The molecule has 0 atom stereocenters. The number of fused-ring (bicyclic) bond motifs is 1. The number of benzene rings is 1. The standard InChI is InChI=1S/C28H35N7O7S/c1-40-14-15-41-28(27(37)33-42-13-12-36)10-8-19(9-11-28)23-24(43(2,38)39)25(29)35-26(32-23)22(17-31-35)20-16-30-34(18-20)21-6-4-3-5-7-21/h3-7,16-19,36H,8-15,29H2,1-2H3,(H,33,37). The number of nitrogens with zero attached hydrogens (tertiary/aromatic N) is 5. The van der Waals surface area contributed by atoms with Gasteiger partial charge in [-0.25, -0.2) is 23.6 Å². The lowest BCUT2D eigenvalue weighted by Gasteiger charge is -2.38. The molecule has 43 heavy (non-hydrogen) atoms. The minimum atomic E-state index is -3.81. The second kappa shape index (κ2) is 12.8. The number of carbonyl (C=O) groups excluding carboxylic acids is 1. The molecule has 4 aromatic rings. The molecular formula is C28H35N7O7S. The Morgan fingerprint density at radius 2 is 1.88 bits per heavy atom. The van der Waals surface area contributed by atoms with Gasteiger partial charge in [-0.1, -0.05) is 18.2 Å². The van der Waals surface area contributed by atoms with Crippen molar-refractivity contribution in [1.82, 2.24) is 29.9 Å². The van der Waals surface area contributed by atoms with Crippen molar-refractivity contribution in [2.24, 2.45) is 0 Å². The SMILES string of the molecule is COCCOC1(C(=O)NOCCO)CCC(c2nc3c(-c4cnn(-c5ccccc5)c4)cnn3c(N)c2S(C)(=O)=O)CC1. The molecule has 1 aromatic carbocycles. The third-order valence-electron chi connectivity index (χ3n) is 7.57. The van der Waals surface area contributed by atoms with Gasteiger partial charge in [0.1, 0.15) is 16.3 Å². The van der Waals surface area contributed by atoms with Crippen molar-refractivity contribution in [3.63, 3.8) is 0 Å². The van der Waals surface area contributed by atoms with E-state index in [1.165, 1.54) is 11.6 Å². The monoisotopic (exact) mass is 613 g/mol. The number of ether oxygens (including phenoxy) is 2. The van der Waals surface area contributed by atoms with Crippen LogP contribution in [-0.2, 0) is 28.9 Å². The highest BCUT2D eigenvalue weighted by Gasteiger charge is 2.45. The van der Waals surface area contributed by atoms with Crippen LogP contribution in [0.25, 0.3) is 22.5 Å². The fourth-order valence-electron chi connectivity index (χ4n) is 5.43. The highest BCUT2D eigenvalue weighted by Crippen LogP contribution is 2.43. The summed E-state index contributed by atoms with van der Waals surface area (Å²) in [4.78, 5) is 23.0. The van der Waals surface area contributed by atoms with Crippen LogP contribution in [0.2, 0.25) is 0 Å². The van der Waals surface area contributed by atoms with Gasteiger partial charge in [0.2, 0.25) is 0 Å². The normalized spacial score (nSPS) is 19.1. The molecule has 1 aliphatic rings. The largest absolute Gasteiger partial charge is 0.394 e. The van der Waals surface area contributed by atoms with E-state index in [1.54, 1.807) is 17.1 Å². The van der Waals surface area contributed by atoms with Crippen LogP contribution in [0.1, 0.15) is 37.3 Å². The van der Waals surface area contributed by atoms with Gasteiger partial charge in [0.25, 0.3) is 5.91 Å². The zero-order valence-electron chi connectivity index (χ0n) is 24.0. The van der Waals surface area contributed by atoms with Gasteiger partial charge in [0.05, 0.1) is 50.2 Å². The van der Waals surface area contributed by atoms with Crippen molar-refractivity contribution in [3.05, 3.63) is 54.6 Å². The van der Waals surface area contributed by atoms with Crippen LogP contribution in [0.3, 0.4) is 0 Å². The van der Waals surface area contributed by atoms with Crippen LogP contribution >= 0.6 is 0 Å². The number of aromatic nitrogens is 5. The number of hydrogen-bond donors (Lipinski definition) is 3. The zero-order valence-corrected chi connectivity index (χ0v) is 24.8. The van der Waals surface area contributed by atoms with E-state index in [0.29, 0.717) is 29.7 Å². The van der Waals surface area contributed by atoms with Gasteiger partial charge in [-0.3, -0.25) is 9.63 Å². The Kier molecular flexibility index (Phi) is 9.08. The number of nitrogens with two attached hydrogens (primary N) is 1. The average Bonchev–Trinajstić information content (AvgIpc) is 3.65. The molecule has 0 radical (unpaired) electrons. The van der Waals surface area contributed by atoms with Crippen molar-refractivity contribution in [1.29, 1.82) is 0 Å². The summed E-state index contributed by atoms with van der Waals surface area (Å²) in [7, 11) is -2.27. The number of anilines is 1. The van der Waals surface area contributed by atoms with E-state index in [-0.39, 0.29) is 55.9 Å². The second-order valence-electron chi connectivity index (χ2n) is 10.4. The molecule has 4 N–H and O–H groups in total. The Labute approximate surface area is 248 Å². The van der Waals surface area contributed by atoms with Crippen molar-refractivity contribution >= 4 is 27.2 Å². The van der Waals surface area contributed by atoms with Crippen LogP contribution in [0.4, 0.5) is 5.82 Å². The first kappa shape index (κ1) is 30.6. The molecular weight excluding hydrogens is 578 g/mol.